The van der Waals surface area contributed by atoms with Crippen LogP contribution in [0.5, 0.6) is 0 Å². The summed E-state index contributed by atoms with van der Waals surface area (Å²) in [5.41, 5.74) is 2.03. The third-order valence-electron chi connectivity index (χ3n) is 3.02. The Kier molecular flexibility index (Phi) is 7.02. The standard InChI is InChI=1S/C15H23F3N2/c1-3-9-20(12-15(16,17)18)11-14-8-6-5-7-13(14)10-19-4-2/h5-8,19H,3-4,9-12H2,1-2H3. The average Bonchev–Trinajstić information content (AvgIpc) is 2.36. The van der Waals surface area contributed by atoms with Crippen molar-refractivity contribution in [3.63, 3.8) is 0 Å². The van der Waals surface area contributed by atoms with Gasteiger partial charge in [0.25, 0.3) is 0 Å². The molecule has 1 rings (SSSR count). The maximum absolute atomic E-state index is 12.6. The second-order valence-electron chi connectivity index (χ2n) is 4.87. The third-order valence-corrected chi connectivity index (χ3v) is 3.02. The van der Waals surface area contributed by atoms with Crippen molar-refractivity contribution < 1.29 is 13.2 Å². The van der Waals surface area contributed by atoms with Crippen LogP contribution in [0, 0.1) is 0 Å². The number of benzene rings is 1. The molecule has 114 valence electrons. The van der Waals surface area contributed by atoms with Crippen LogP contribution in [0.1, 0.15) is 31.4 Å². The summed E-state index contributed by atoms with van der Waals surface area (Å²) in [6.07, 6.45) is -3.43. The third kappa shape index (κ3) is 6.39. The second kappa shape index (κ2) is 8.27. The quantitative estimate of drug-likeness (QED) is 0.786. The Labute approximate surface area is 119 Å². The highest BCUT2D eigenvalue weighted by molar-refractivity contribution is 5.27. The molecule has 20 heavy (non-hydrogen) atoms. The first kappa shape index (κ1) is 17.0. The summed E-state index contributed by atoms with van der Waals surface area (Å²) >= 11 is 0. The van der Waals surface area contributed by atoms with Crippen LogP contribution >= 0.6 is 0 Å². The Bertz CT molecular complexity index is 391. The first-order valence-electron chi connectivity index (χ1n) is 7.02. The van der Waals surface area contributed by atoms with Crippen LogP contribution < -0.4 is 5.32 Å². The molecule has 0 aliphatic heterocycles. The van der Waals surface area contributed by atoms with Gasteiger partial charge in [-0.2, -0.15) is 13.2 Å². The molecule has 1 aromatic rings. The molecular formula is C15H23F3N2. The van der Waals surface area contributed by atoms with Gasteiger partial charge in [-0.3, -0.25) is 4.90 Å². The van der Waals surface area contributed by atoms with E-state index in [1.165, 1.54) is 4.90 Å². The molecule has 1 N–H and O–H groups in total. The Hall–Kier alpha value is -1.07. The average molecular weight is 288 g/mol. The molecule has 0 fully saturated rings. The van der Waals surface area contributed by atoms with Gasteiger partial charge in [0, 0.05) is 13.1 Å². The molecule has 0 unspecified atom stereocenters. The zero-order valence-corrected chi connectivity index (χ0v) is 12.1. The van der Waals surface area contributed by atoms with Crippen molar-refractivity contribution >= 4 is 0 Å². The van der Waals surface area contributed by atoms with E-state index in [-0.39, 0.29) is 0 Å². The van der Waals surface area contributed by atoms with Crippen LogP contribution in [0.15, 0.2) is 24.3 Å². The summed E-state index contributed by atoms with van der Waals surface area (Å²) in [4.78, 5) is 1.46. The van der Waals surface area contributed by atoms with Gasteiger partial charge < -0.3 is 5.32 Å². The van der Waals surface area contributed by atoms with Gasteiger partial charge in [0.15, 0.2) is 0 Å². The Morgan fingerprint density at radius 1 is 1.10 bits per heavy atom. The van der Waals surface area contributed by atoms with Gasteiger partial charge in [0.1, 0.15) is 0 Å². The van der Waals surface area contributed by atoms with Crippen molar-refractivity contribution in [1.29, 1.82) is 0 Å². The molecule has 0 radical (unpaired) electrons. The fourth-order valence-corrected chi connectivity index (χ4v) is 2.17. The lowest BCUT2D eigenvalue weighted by atomic mass is 10.1. The van der Waals surface area contributed by atoms with Crippen molar-refractivity contribution in [3.8, 4) is 0 Å². The molecular weight excluding hydrogens is 265 g/mol. The zero-order valence-electron chi connectivity index (χ0n) is 12.1. The number of nitrogens with zero attached hydrogens (tertiary/aromatic N) is 1. The molecule has 0 aromatic heterocycles. The smallest absolute Gasteiger partial charge is 0.313 e. The molecule has 5 heteroatoms. The summed E-state index contributed by atoms with van der Waals surface area (Å²) in [7, 11) is 0. The first-order valence-corrected chi connectivity index (χ1v) is 7.02. The number of hydrogen-bond acceptors (Lipinski definition) is 2. The molecule has 0 saturated carbocycles. The van der Waals surface area contributed by atoms with Crippen molar-refractivity contribution in [2.24, 2.45) is 0 Å². The summed E-state index contributed by atoms with van der Waals surface area (Å²) in [6.45, 7) is 5.39. The zero-order chi connectivity index (χ0) is 15.0. The van der Waals surface area contributed by atoms with Crippen molar-refractivity contribution in [2.45, 2.75) is 39.5 Å². The predicted octanol–water partition coefficient (Wildman–Crippen LogP) is 3.57. The van der Waals surface area contributed by atoms with Gasteiger partial charge in [0.2, 0.25) is 0 Å². The number of rotatable bonds is 8. The first-order chi connectivity index (χ1) is 9.46. The predicted molar refractivity (Wildman–Crippen MR) is 75.4 cm³/mol. The largest absolute Gasteiger partial charge is 0.401 e. The minimum atomic E-state index is -4.15. The number of hydrogen-bond donors (Lipinski definition) is 1. The summed E-state index contributed by atoms with van der Waals surface area (Å²) in [5, 5.41) is 3.22. The number of halogens is 3. The second-order valence-corrected chi connectivity index (χ2v) is 4.87. The van der Waals surface area contributed by atoms with Crippen LogP contribution in [0.3, 0.4) is 0 Å². The van der Waals surface area contributed by atoms with E-state index in [2.05, 4.69) is 5.32 Å². The van der Waals surface area contributed by atoms with Crippen molar-refractivity contribution in [2.75, 3.05) is 19.6 Å². The summed E-state index contributed by atoms with van der Waals surface area (Å²) in [5.74, 6) is 0. The van der Waals surface area contributed by atoms with E-state index in [1.54, 1.807) is 0 Å². The van der Waals surface area contributed by atoms with Gasteiger partial charge in [-0.1, -0.05) is 38.1 Å². The topological polar surface area (TPSA) is 15.3 Å². The molecule has 0 spiro atoms. The lowest BCUT2D eigenvalue weighted by molar-refractivity contribution is -0.147. The van der Waals surface area contributed by atoms with Crippen LogP contribution in [0.2, 0.25) is 0 Å². The monoisotopic (exact) mass is 288 g/mol. The molecule has 0 saturated heterocycles. The normalized spacial score (nSPS) is 12.1. The molecule has 0 bridgehead atoms. The van der Waals surface area contributed by atoms with Crippen LogP contribution in [0.4, 0.5) is 13.2 Å². The van der Waals surface area contributed by atoms with E-state index in [1.807, 2.05) is 38.1 Å². The van der Waals surface area contributed by atoms with E-state index in [0.717, 1.165) is 17.7 Å². The van der Waals surface area contributed by atoms with Crippen LogP contribution in [0.25, 0.3) is 0 Å². The number of alkyl halides is 3. The van der Waals surface area contributed by atoms with E-state index < -0.39 is 12.7 Å². The molecule has 0 aliphatic carbocycles. The minimum Gasteiger partial charge on any atom is -0.313 e. The molecule has 0 atom stereocenters. The summed E-state index contributed by atoms with van der Waals surface area (Å²) < 4.78 is 37.7. The maximum atomic E-state index is 12.6. The van der Waals surface area contributed by atoms with Crippen molar-refractivity contribution in [3.05, 3.63) is 35.4 Å². The molecule has 0 amide bonds. The number of nitrogens with one attached hydrogen (secondary N) is 1. The van der Waals surface area contributed by atoms with E-state index in [0.29, 0.717) is 26.1 Å². The van der Waals surface area contributed by atoms with E-state index >= 15 is 0 Å². The minimum absolute atomic E-state index is 0.342. The Balaban J connectivity index is 2.76. The van der Waals surface area contributed by atoms with Gasteiger partial charge in [-0.25, -0.2) is 0 Å². The van der Waals surface area contributed by atoms with Crippen LogP contribution in [-0.4, -0.2) is 30.7 Å². The molecule has 0 heterocycles. The van der Waals surface area contributed by atoms with E-state index in [9.17, 15) is 13.2 Å². The fourth-order valence-electron chi connectivity index (χ4n) is 2.17. The maximum Gasteiger partial charge on any atom is 0.401 e. The van der Waals surface area contributed by atoms with Gasteiger partial charge >= 0.3 is 6.18 Å². The molecule has 1 aromatic carbocycles. The van der Waals surface area contributed by atoms with E-state index in [4.69, 9.17) is 0 Å². The lowest BCUT2D eigenvalue weighted by Gasteiger charge is -2.24. The lowest BCUT2D eigenvalue weighted by Crippen LogP contribution is -2.34. The van der Waals surface area contributed by atoms with Crippen molar-refractivity contribution in [1.82, 2.24) is 10.2 Å². The van der Waals surface area contributed by atoms with Crippen LogP contribution in [-0.2, 0) is 13.1 Å². The Morgan fingerprint density at radius 2 is 1.75 bits per heavy atom. The van der Waals surface area contributed by atoms with Gasteiger partial charge in [0.05, 0.1) is 6.54 Å². The highest BCUT2D eigenvalue weighted by atomic mass is 19.4. The molecule has 2 nitrogen and oxygen atoms in total. The SMILES string of the molecule is CCCN(Cc1ccccc1CNCC)CC(F)(F)F. The fraction of sp³-hybridized carbons (Fsp3) is 0.600. The van der Waals surface area contributed by atoms with Gasteiger partial charge in [-0.15, -0.1) is 0 Å². The highest BCUT2D eigenvalue weighted by Gasteiger charge is 2.30. The highest BCUT2D eigenvalue weighted by Crippen LogP contribution is 2.19. The molecule has 0 aliphatic rings. The Morgan fingerprint density at radius 3 is 2.30 bits per heavy atom. The van der Waals surface area contributed by atoms with Gasteiger partial charge in [-0.05, 0) is 30.6 Å². The summed E-state index contributed by atoms with van der Waals surface area (Å²) in [6, 6.07) is 7.67.